The van der Waals surface area contributed by atoms with Crippen LogP contribution in [0.2, 0.25) is 0 Å². The van der Waals surface area contributed by atoms with Crippen LogP contribution >= 0.6 is 0 Å². The van der Waals surface area contributed by atoms with Crippen LogP contribution in [0.4, 0.5) is 0 Å². The fraction of sp³-hybridized carbons (Fsp3) is 0.923. The molecule has 0 rings (SSSR count). The molecule has 0 aromatic carbocycles. The van der Waals surface area contributed by atoms with E-state index in [1.807, 2.05) is 0 Å². The molecule has 0 saturated carbocycles. The smallest absolute Gasteiger partial charge is 0.327 e. The average Bonchev–Trinajstić information content (AvgIpc) is 2.99. The summed E-state index contributed by atoms with van der Waals surface area (Å²) < 4.78 is 5.87. The molecule has 0 radical (unpaired) electrons. The van der Waals surface area contributed by atoms with Crippen LogP contribution in [-0.2, 0) is 9.53 Å². The second-order valence-corrected chi connectivity index (χ2v) is 12.8. The van der Waals surface area contributed by atoms with Crippen LogP contribution in [0.1, 0.15) is 219 Å². The van der Waals surface area contributed by atoms with E-state index in [-0.39, 0.29) is 0 Å². The van der Waals surface area contributed by atoms with Gasteiger partial charge in [-0.25, -0.2) is 4.79 Å². The Kier molecular flexibility index (Phi) is 43.6. The van der Waals surface area contributed by atoms with Gasteiger partial charge in [-0.2, -0.15) is 0 Å². The Hall–Kier alpha value is -0.830. The average molecular weight is 595 g/mol. The number of hydrogen-bond donors (Lipinski definition) is 1. The number of aliphatic carboxylic acids is 1. The SMILES string of the molecule is C=CC(=O)O.CCCCCCCCCCCCCCCCCCOCCCCCCCCCCCCCCCCCC. The van der Waals surface area contributed by atoms with Crippen molar-refractivity contribution in [1.82, 2.24) is 0 Å². The number of rotatable bonds is 35. The lowest BCUT2D eigenvalue weighted by atomic mass is 10.0. The van der Waals surface area contributed by atoms with E-state index in [4.69, 9.17) is 9.84 Å². The molecule has 0 bridgehead atoms. The standard InChI is InChI=1S/C36H74O.C3H4O2/c1-3-5-7-9-11-13-15-17-19-21-23-25-27-29-31-33-35-37-36-34-32-30-28-26-24-22-20-18-16-14-12-10-8-6-4-2;1-2-3(4)5/h3-36H2,1-2H3;2H,1H2,(H,4,5). The maximum atomic E-state index is 9.25. The third-order valence-corrected chi connectivity index (χ3v) is 8.46. The highest BCUT2D eigenvalue weighted by Crippen LogP contribution is 2.15. The van der Waals surface area contributed by atoms with Gasteiger partial charge in [0.2, 0.25) is 0 Å². The van der Waals surface area contributed by atoms with Gasteiger partial charge < -0.3 is 9.84 Å². The van der Waals surface area contributed by atoms with Gasteiger partial charge in [-0.05, 0) is 12.8 Å². The molecule has 0 amide bonds. The zero-order valence-electron chi connectivity index (χ0n) is 29.1. The van der Waals surface area contributed by atoms with Gasteiger partial charge in [-0.15, -0.1) is 0 Å². The van der Waals surface area contributed by atoms with Crippen molar-refractivity contribution in [3.05, 3.63) is 12.7 Å². The lowest BCUT2D eigenvalue weighted by Crippen LogP contribution is -1.97. The van der Waals surface area contributed by atoms with Crippen molar-refractivity contribution in [2.24, 2.45) is 0 Å². The second-order valence-electron chi connectivity index (χ2n) is 12.8. The molecule has 0 heterocycles. The van der Waals surface area contributed by atoms with Crippen LogP contribution in [0.5, 0.6) is 0 Å². The van der Waals surface area contributed by atoms with E-state index in [0.717, 1.165) is 19.3 Å². The van der Waals surface area contributed by atoms with Gasteiger partial charge in [0.1, 0.15) is 0 Å². The van der Waals surface area contributed by atoms with E-state index in [0.29, 0.717) is 0 Å². The summed E-state index contributed by atoms with van der Waals surface area (Å²) in [6.07, 6.45) is 46.9. The molecule has 0 spiro atoms. The van der Waals surface area contributed by atoms with E-state index in [9.17, 15) is 4.79 Å². The molecule has 0 saturated heterocycles. The number of carbonyl (C=O) groups is 1. The fourth-order valence-electron chi connectivity index (χ4n) is 5.61. The van der Waals surface area contributed by atoms with Gasteiger partial charge in [-0.3, -0.25) is 0 Å². The summed E-state index contributed by atoms with van der Waals surface area (Å²) in [7, 11) is 0. The normalized spacial score (nSPS) is 10.9. The molecule has 0 fully saturated rings. The Morgan fingerprint density at radius 2 is 0.595 bits per heavy atom. The molecule has 3 heteroatoms. The number of ether oxygens (including phenoxy) is 1. The molecule has 0 aliphatic rings. The van der Waals surface area contributed by atoms with E-state index in [2.05, 4.69) is 20.4 Å². The maximum Gasteiger partial charge on any atom is 0.327 e. The van der Waals surface area contributed by atoms with Crippen molar-refractivity contribution in [3.63, 3.8) is 0 Å². The molecule has 0 atom stereocenters. The number of unbranched alkanes of at least 4 members (excludes halogenated alkanes) is 30. The van der Waals surface area contributed by atoms with Crippen LogP contribution in [0.3, 0.4) is 0 Å². The highest BCUT2D eigenvalue weighted by molar-refractivity contribution is 5.78. The third-order valence-electron chi connectivity index (χ3n) is 8.46. The minimum Gasteiger partial charge on any atom is -0.478 e. The van der Waals surface area contributed by atoms with Gasteiger partial charge in [0.15, 0.2) is 0 Å². The molecule has 1 N–H and O–H groups in total. The topological polar surface area (TPSA) is 46.5 Å². The van der Waals surface area contributed by atoms with Gasteiger partial charge in [0.25, 0.3) is 0 Å². The molecule has 3 nitrogen and oxygen atoms in total. The lowest BCUT2D eigenvalue weighted by Gasteiger charge is -2.06. The van der Waals surface area contributed by atoms with Gasteiger partial charge >= 0.3 is 5.97 Å². The summed E-state index contributed by atoms with van der Waals surface area (Å²) in [5.41, 5.74) is 0. The van der Waals surface area contributed by atoms with Gasteiger partial charge in [0.05, 0.1) is 0 Å². The van der Waals surface area contributed by atoms with E-state index >= 15 is 0 Å². The predicted molar refractivity (Wildman–Crippen MR) is 188 cm³/mol. The van der Waals surface area contributed by atoms with Crippen LogP contribution in [-0.4, -0.2) is 24.3 Å². The van der Waals surface area contributed by atoms with Gasteiger partial charge in [-0.1, -0.05) is 213 Å². The summed E-state index contributed by atoms with van der Waals surface area (Å²) in [5.74, 6) is -0.981. The monoisotopic (exact) mass is 595 g/mol. The minimum atomic E-state index is -0.981. The first-order valence-corrected chi connectivity index (χ1v) is 19.1. The lowest BCUT2D eigenvalue weighted by molar-refractivity contribution is -0.131. The molecular weight excluding hydrogens is 516 g/mol. The summed E-state index contributed by atoms with van der Waals surface area (Å²) in [4.78, 5) is 9.25. The fourth-order valence-corrected chi connectivity index (χ4v) is 5.61. The Morgan fingerprint density at radius 3 is 0.762 bits per heavy atom. The van der Waals surface area contributed by atoms with Crippen molar-refractivity contribution in [2.75, 3.05) is 13.2 Å². The first-order valence-electron chi connectivity index (χ1n) is 19.1. The first kappa shape index (κ1) is 43.3. The minimum absolute atomic E-state index is 0.833. The molecule has 42 heavy (non-hydrogen) atoms. The van der Waals surface area contributed by atoms with Crippen LogP contribution in [0.15, 0.2) is 12.7 Å². The zero-order chi connectivity index (χ0) is 31.0. The largest absolute Gasteiger partial charge is 0.478 e. The highest BCUT2D eigenvalue weighted by atomic mass is 16.5. The highest BCUT2D eigenvalue weighted by Gasteiger charge is 1.97. The van der Waals surface area contributed by atoms with Crippen LogP contribution in [0.25, 0.3) is 0 Å². The number of carboxylic acid groups (broad SMARTS) is 1. The summed E-state index contributed by atoms with van der Waals surface area (Å²) in [6.45, 7) is 9.56. The third kappa shape index (κ3) is 46.1. The van der Waals surface area contributed by atoms with E-state index in [1.165, 1.54) is 205 Å². The van der Waals surface area contributed by atoms with Crippen molar-refractivity contribution in [3.8, 4) is 0 Å². The summed E-state index contributed by atoms with van der Waals surface area (Å²) >= 11 is 0. The predicted octanol–water partition coefficient (Wildman–Crippen LogP) is 13.8. The van der Waals surface area contributed by atoms with Crippen molar-refractivity contribution < 1.29 is 14.6 Å². The summed E-state index contributed by atoms with van der Waals surface area (Å²) in [5, 5.41) is 7.60. The van der Waals surface area contributed by atoms with E-state index in [1.54, 1.807) is 0 Å². The molecule has 0 aromatic rings. The molecule has 0 unspecified atom stereocenters. The molecule has 0 aromatic heterocycles. The molecule has 0 aliphatic heterocycles. The number of carboxylic acids is 1. The Labute approximate surface area is 265 Å². The van der Waals surface area contributed by atoms with Gasteiger partial charge in [0, 0.05) is 19.3 Å². The Bertz CT molecular complexity index is 456. The van der Waals surface area contributed by atoms with Crippen LogP contribution < -0.4 is 0 Å². The second kappa shape index (κ2) is 42.3. The zero-order valence-corrected chi connectivity index (χ0v) is 29.1. The van der Waals surface area contributed by atoms with Crippen LogP contribution in [0, 0.1) is 0 Å². The van der Waals surface area contributed by atoms with Crippen molar-refractivity contribution in [2.45, 2.75) is 219 Å². The Balaban J connectivity index is 0. The summed E-state index contributed by atoms with van der Waals surface area (Å²) in [6, 6.07) is 0. The van der Waals surface area contributed by atoms with E-state index < -0.39 is 5.97 Å². The Morgan fingerprint density at radius 1 is 0.429 bits per heavy atom. The number of hydrogen-bond acceptors (Lipinski definition) is 2. The molecule has 252 valence electrons. The molecular formula is C39H78O3. The molecule has 0 aliphatic carbocycles. The first-order chi connectivity index (χ1) is 20.7. The maximum absolute atomic E-state index is 9.25. The van der Waals surface area contributed by atoms with Crippen molar-refractivity contribution >= 4 is 5.97 Å². The van der Waals surface area contributed by atoms with Crippen molar-refractivity contribution in [1.29, 1.82) is 0 Å². The quantitative estimate of drug-likeness (QED) is 0.0586.